The van der Waals surface area contributed by atoms with Crippen LogP contribution in [0.4, 0.5) is 0 Å². The molecule has 0 aliphatic carbocycles. The number of hydrogen-bond acceptors (Lipinski definition) is 6. The Morgan fingerprint density at radius 1 is 0.650 bits per heavy atom. The van der Waals surface area contributed by atoms with Gasteiger partial charge in [0, 0.05) is 12.8 Å². The van der Waals surface area contributed by atoms with Crippen LogP contribution in [0.3, 0.4) is 0 Å². The second-order valence-corrected chi connectivity index (χ2v) is 10.4. The predicted octanol–water partition coefficient (Wildman–Crippen LogP) is 8.10. The van der Waals surface area contributed by atoms with E-state index >= 15 is 0 Å². The summed E-state index contributed by atoms with van der Waals surface area (Å²) in [6.45, 7) is 4.07. The summed E-state index contributed by atoms with van der Waals surface area (Å²) in [7, 11) is 2.70. The van der Waals surface area contributed by atoms with Crippen molar-refractivity contribution < 1.29 is 28.6 Å². The van der Waals surface area contributed by atoms with E-state index in [0.29, 0.717) is 35.7 Å². The van der Waals surface area contributed by atoms with Crippen molar-refractivity contribution in [2.24, 2.45) is 0 Å². The van der Waals surface area contributed by atoms with E-state index in [4.69, 9.17) is 14.2 Å². The van der Waals surface area contributed by atoms with Gasteiger partial charge in [0.2, 0.25) is 0 Å². The van der Waals surface area contributed by atoms with Crippen molar-refractivity contribution in [1.29, 1.82) is 0 Å². The summed E-state index contributed by atoms with van der Waals surface area (Å²) in [6, 6.07) is 19.2. The van der Waals surface area contributed by atoms with E-state index in [9.17, 15) is 14.4 Å². The lowest BCUT2D eigenvalue weighted by atomic mass is 10.0. The standard InChI is InChI=1S/C33H39O6P/c1-3-4-5-7-10-31(34)38-28-18-14-26(15-19-28)33(36)39-29-20-21-30(24(2)23-29)25-12-16-27(17-13-25)37-32(35)11-8-6-9-22-40/h12-21,23H,3-11,22,40H2,1-2H3. The van der Waals surface area contributed by atoms with E-state index in [-0.39, 0.29) is 11.9 Å². The summed E-state index contributed by atoms with van der Waals surface area (Å²) in [5.41, 5.74) is 3.24. The van der Waals surface area contributed by atoms with Gasteiger partial charge < -0.3 is 14.2 Å². The molecule has 40 heavy (non-hydrogen) atoms. The first kappa shape index (κ1) is 31.0. The van der Waals surface area contributed by atoms with Gasteiger partial charge in [-0.15, -0.1) is 9.24 Å². The molecule has 1 atom stereocenters. The van der Waals surface area contributed by atoms with Crippen LogP contribution < -0.4 is 14.2 Å². The number of carbonyl (C=O) groups is 3. The first-order valence-corrected chi connectivity index (χ1v) is 14.9. The maximum Gasteiger partial charge on any atom is 0.343 e. The fraction of sp³-hybridized carbons (Fsp3) is 0.364. The Kier molecular flexibility index (Phi) is 12.9. The average Bonchev–Trinajstić information content (AvgIpc) is 2.94. The Bertz CT molecular complexity index is 1250. The fourth-order valence-corrected chi connectivity index (χ4v) is 4.49. The van der Waals surface area contributed by atoms with E-state index in [0.717, 1.165) is 67.8 Å². The molecule has 3 aromatic carbocycles. The van der Waals surface area contributed by atoms with Crippen LogP contribution in [0.2, 0.25) is 0 Å². The summed E-state index contributed by atoms with van der Waals surface area (Å²) in [4.78, 5) is 36.7. The van der Waals surface area contributed by atoms with Crippen LogP contribution in [-0.2, 0) is 9.59 Å². The number of ether oxygens (including phenoxy) is 3. The van der Waals surface area contributed by atoms with Gasteiger partial charge in [0.05, 0.1) is 5.56 Å². The minimum atomic E-state index is -0.496. The molecular weight excluding hydrogens is 523 g/mol. The highest BCUT2D eigenvalue weighted by molar-refractivity contribution is 7.16. The monoisotopic (exact) mass is 562 g/mol. The highest BCUT2D eigenvalue weighted by Crippen LogP contribution is 2.29. The Hall–Kier alpha value is -3.50. The van der Waals surface area contributed by atoms with Crippen molar-refractivity contribution in [2.75, 3.05) is 6.16 Å². The second-order valence-electron chi connectivity index (χ2n) is 9.77. The maximum atomic E-state index is 12.7. The van der Waals surface area contributed by atoms with Gasteiger partial charge in [0.25, 0.3) is 0 Å². The van der Waals surface area contributed by atoms with Crippen molar-refractivity contribution in [3.63, 3.8) is 0 Å². The van der Waals surface area contributed by atoms with E-state index in [1.165, 1.54) is 0 Å². The SMILES string of the molecule is CCCCCCC(=O)Oc1ccc(C(=O)Oc2ccc(-c3ccc(OC(=O)CCCCCP)cc3)c(C)c2)cc1. The van der Waals surface area contributed by atoms with Crippen LogP contribution in [-0.4, -0.2) is 24.1 Å². The molecule has 0 radical (unpaired) electrons. The molecule has 0 aliphatic rings. The number of benzene rings is 3. The second kappa shape index (κ2) is 16.6. The molecule has 0 amide bonds. The first-order valence-electron chi connectivity index (χ1n) is 14.0. The Balaban J connectivity index is 1.52. The minimum Gasteiger partial charge on any atom is -0.427 e. The van der Waals surface area contributed by atoms with E-state index in [1.54, 1.807) is 42.5 Å². The molecule has 0 fully saturated rings. The fourth-order valence-electron chi connectivity index (χ4n) is 4.20. The molecule has 212 valence electrons. The van der Waals surface area contributed by atoms with Gasteiger partial charge >= 0.3 is 17.9 Å². The van der Waals surface area contributed by atoms with Crippen molar-refractivity contribution in [1.82, 2.24) is 0 Å². The molecule has 0 heterocycles. The summed E-state index contributed by atoms with van der Waals surface area (Å²) in [5.74, 6) is 0.382. The van der Waals surface area contributed by atoms with Crippen molar-refractivity contribution in [3.05, 3.63) is 77.9 Å². The van der Waals surface area contributed by atoms with E-state index in [1.807, 2.05) is 31.2 Å². The lowest BCUT2D eigenvalue weighted by Crippen LogP contribution is -2.10. The van der Waals surface area contributed by atoms with Gasteiger partial charge in [0.15, 0.2) is 0 Å². The number of unbranched alkanes of at least 4 members (excludes halogenated alkanes) is 5. The molecule has 0 aliphatic heterocycles. The largest absolute Gasteiger partial charge is 0.427 e. The highest BCUT2D eigenvalue weighted by atomic mass is 31.0. The zero-order valence-corrected chi connectivity index (χ0v) is 24.6. The first-order chi connectivity index (χ1) is 19.4. The lowest BCUT2D eigenvalue weighted by Gasteiger charge is -2.11. The van der Waals surface area contributed by atoms with Gasteiger partial charge in [-0.25, -0.2) is 4.79 Å². The third-order valence-corrected chi connectivity index (χ3v) is 6.85. The van der Waals surface area contributed by atoms with Gasteiger partial charge in [0.1, 0.15) is 17.2 Å². The molecule has 0 spiro atoms. The third kappa shape index (κ3) is 10.2. The molecule has 0 saturated heterocycles. The molecule has 7 heteroatoms. The molecule has 6 nitrogen and oxygen atoms in total. The lowest BCUT2D eigenvalue weighted by molar-refractivity contribution is -0.135. The normalized spacial score (nSPS) is 10.7. The number of carbonyl (C=O) groups excluding carboxylic acids is 3. The van der Waals surface area contributed by atoms with Crippen LogP contribution in [0.5, 0.6) is 17.2 Å². The summed E-state index contributed by atoms with van der Waals surface area (Å²) in [5, 5.41) is 0. The summed E-state index contributed by atoms with van der Waals surface area (Å²) in [6.07, 6.45) is 8.85. The number of rotatable bonds is 15. The maximum absolute atomic E-state index is 12.7. The Labute approximate surface area is 239 Å². The number of hydrogen-bond donors (Lipinski definition) is 0. The van der Waals surface area contributed by atoms with Crippen LogP contribution in [0, 0.1) is 6.92 Å². The molecule has 3 aromatic rings. The molecule has 0 aromatic heterocycles. The zero-order valence-electron chi connectivity index (χ0n) is 23.4. The van der Waals surface area contributed by atoms with E-state index in [2.05, 4.69) is 16.2 Å². The minimum absolute atomic E-state index is 0.215. The van der Waals surface area contributed by atoms with Gasteiger partial charge in [-0.3, -0.25) is 9.59 Å². The molecular formula is C33H39O6P. The van der Waals surface area contributed by atoms with Crippen molar-refractivity contribution in [3.8, 4) is 28.4 Å². The van der Waals surface area contributed by atoms with Crippen LogP contribution in [0.1, 0.15) is 80.6 Å². The predicted molar refractivity (Wildman–Crippen MR) is 161 cm³/mol. The molecule has 0 saturated carbocycles. The van der Waals surface area contributed by atoms with Crippen LogP contribution >= 0.6 is 9.24 Å². The third-order valence-electron chi connectivity index (χ3n) is 6.45. The smallest absolute Gasteiger partial charge is 0.343 e. The van der Waals surface area contributed by atoms with Gasteiger partial charge in [-0.05, 0) is 97.6 Å². The van der Waals surface area contributed by atoms with Gasteiger partial charge in [-0.1, -0.05) is 50.8 Å². The highest BCUT2D eigenvalue weighted by Gasteiger charge is 2.12. The van der Waals surface area contributed by atoms with Crippen LogP contribution in [0.25, 0.3) is 11.1 Å². The summed E-state index contributed by atoms with van der Waals surface area (Å²) >= 11 is 0. The Morgan fingerprint density at radius 3 is 1.75 bits per heavy atom. The Morgan fingerprint density at radius 2 is 1.20 bits per heavy atom. The quantitative estimate of drug-likeness (QED) is 0.0806. The molecule has 3 rings (SSSR count). The average molecular weight is 563 g/mol. The summed E-state index contributed by atoms with van der Waals surface area (Å²) < 4.78 is 16.4. The molecule has 1 unspecified atom stereocenters. The zero-order chi connectivity index (χ0) is 28.7. The number of aryl methyl sites for hydroxylation is 1. The van der Waals surface area contributed by atoms with Crippen molar-refractivity contribution >= 4 is 27.1 Å². The topological polar surface area (TPSA) is 78.9 Å². The molecule has 0 N–H and O–H groups in total. The number of esters is 3. The van der Waals surface area contributed by atoms with E-state index < -0.39 is 5.97 Å². The van der Waals surface area contributed by atoms with Crippen molar-refractivity contribution in [2.45, 2.75) is 71.6 Å². The van der Waals surface area contributed by atoms with Gasteiger partial charge in [-0.2, -0.15) is 0 Å². The molecule has 0 bridgehead atoms. The van der Waals surface area contributed by atoms with Crippen LogP contribution in [0.15, 0.2) is 66.7 Å².